The molecule has 0 fully saturated rings. The summed E-state index contributed by atoms with van der Waals surface area (Å²) in [7, 11) is -4.41. The molecule has 0 atom stereocenters. The smallest absolute Gasteiger partial charge is 0.106 e. The van der Waals surface area contributed by atoms with Gasteiger partial charge >= 0.3 is 0 Å². The fraction of sp³-hybridized carbons (Fsp3) is 0.0667. The van der Waals surface area contributed by atoms with Crippen molar-refractivity contribution in [3.63, 3.8) is 0 Å². The van der Waals surface area contributed by atoms with E-state index < -0.39 is 16.1 Å². The van der Waals surface area contributed by atoms with Gasteiger partial charge in [-0.3, -0.25) is 0 Å². The Morgan fingerprint density at radius 1 is 0.375 bits per heavy atom. The van der Waals surface area contributed by atoms with E-state index in [4.69, 9.17) is 0 Å². The summed E-state index contributed by atoms with van der Waals surface area (Å²) in [5.41, 5.74) is 7.28. The van der Waals surface area contributed by atoms with Crippen LogP contribution in [0.3, 0.4) is 0 Å². The van der Waals surface area contributed by atoms with Gasteiger partial charge in [0.25, 0.3) is 0 Å². The average Bonchev–Trinajstić information content (AvgIpc) is 2.88. The number of rotatable bonds is 4. The fourth-order valence-electron chi connectivity index (χ4n) is 4.02. The lowest BCUT2D eigenvalue weighted by molar-refractivity contribution is 1.70. The van der Waals surface area contributed by atoms with E-state index in [0.29, 0.717) is 0 Å². The van der Waals surface area contributed by atoms with Gasteiger partial charge in [0.15, 0.2) is 16.1 Å². The summed E-state index contributed by atoms with van der Waals surface area (Å²) in [5, 5.41) is 5.25. The van der Waals surface area contributed by atoms with E-state index in [1.807, 2.05) is 0 Å². The maximum absolute atomic E-state index is 3.64. The molecule has 0 aliphatic carbocycles. The topological polar surface area (TPSA) is 0 Å². The first-order valence-corrected chi connectivity index (χ1v) is 15.9. The molecule has 4 aromatic carbocycles. The monoisotopic (exact) mass is 442 g/mol. The van der Waals surface area contributed by atoms with Crippen LogP contribution in [-0.4, -0.2) is 16.1 Å². The van der Waals surface area contributed by atoms with Crippen molar-refractivity contribution in [3.8, 4) is 22.9 Å². The predicted octanol–water partition coefficient (Wildman–Crippen LogP) is 3.86. The quantitative estimate of drug-likeness (QED) is 0.333. The Morgan fingerprint density at radius 3 is 0.812 bits per heavy atom. The van der Waals surface area contributed by atoms with E-state index in [9.17, 15) is 0 Å². The van der Waals surface area contributed by atoms with Crippen molar-refractivity contribution in [1.29, 1.82) is 0 Å². The summed E-state index contributed by atoms with van der Waals surface area (Å²) in [6.45, 7) is 4.63. The third-order valence-electron chi connectivity index (χ3n) is 6.09. The number of benzene rings is 4. The van der Waals surface area contributed by atoms with Gasteiger partial charge in [-0.25, -0.2) is 0 Å². The number of hydrogen-bond acceptors (Lipinski definition) is 0. The molecule has 0 saturated carbocycles. The molecule has 0 unspecified atom stereocenters. The van der Waals surface area contributed by atoms with Gasteiger partial charge in [0.2, 0.25) is 0 Å². The minimum absolute atomic E-state index is 1.31. The van der Waals surface area contributed by atoms with Crippen LogP contribution in [0, 0.1) is 22.9 Å². The second kappa shape index (κ2) is 9.71. The van der Waals surface area contributed by atoms with E-state index in [-0.39, 0.29) is 0 Å². The van der Waals surface area contributed by atoms with Crippen LogP contribution in [-0.2, 0) is 0 Å². The zero-order valence-corrected chi connectivity index (χ0v) is 20.5. The van der Waals surface area contributed by atoms with E-state index in [0.717, 1.165) is 0 Å². The van der Waals surface area contributed by atoms with Crippen LogP contribution >= 0.6 is 0 Å². The molecule has 0 nitrogen and oxygen atoms in total. The first-order valence-electron chi connectivity index (χ1n) is 10.9. The van der Waals surface area contributed by atoms with Gasteiger partial charge in [-0.15, -0.1) is 11.1 Å². The summed E-state index contributed by atoms with van der Waals surface area (Å²) in [5.74, 6) is 6.61. The standard InChI is InChI=1S/C30H26Si2/c1-31(27-17-7-3-8-18-27,28-19-9-4-10-20-28)25-15-16-26-32(2,29-21-11-5-12-22-29)30-23-13-6-14-24-30/h3-14,17-24H,1-2H3. The summed E-state index contributed by atoms with van der Waals surface area (Å²) in [6, 6.07) is 42.7. The van der Waals surface area contributed by atoms with Crippen molar-refractivity contribution in [1.82, 2.24) is 0 Å². The lowest BCUT2D eigenvalue weighted by Gasteiger charge is -2.22. The van der Waals surface area contributed by atoms with Crippen LogP contribution < -0.4 is 20.7 Å². The molecule has 0 N–H and O–H groups in total. The number of hydrogen-bond donors (Lipinski definition) is 0. The Hall–Kier alpha value is -3.57. The van der Waals surface area contributed by atoms with Crippen molar-refractivity contribution in [2.75, 3.05) is 0 Å². The molecule has 0 amide bonds. The first-order chi connectivity index (χ1) is 15.6. The van der Waals surface area contributed by atoms with Gasteiger partial charge in [0, 0.05) is 0 Å². The van der Waals surface area contributed by atoms with Crippen molar-refractivity contribution in [2.24, 2.45) is 0 Å². The zero-order chi connectivity index (χ0) is 22.3. The molecular formula is C30H26Si2. The predicted molar refractivity (Wildman–Crippen MR) is 143 cm³/mol. The Bertz CT molecular complexity index is 1090. The Kier molecular flexibility index (Phi) is 6.57. The minimum Gasteiger partial charge on any atom is -0.106 e. The SMILES string of the molecule is C[Si](C#CC#C[Si](C)(c1ccccc1)c1ccccc1)(c1ccccc1)c1ccccc1. The molecule has 0 aliphatic heterocycles. The highest BCUT2D eigenvalue weighted by molar-refractivity contribution is 7.08. The fourth-order valence-corrected chi connectivity index (χ4v) is 9.33. The third kappa shape index (κ3) is 4.53. The molecule has 0 radical (unpaired) electrons. The van der Waals surface area contributed by atoms with Crippen LogP contribution in [0.2, 0.25) is 13.1 Å². The summed E-state index contributed by atoms with van der Waals surface area (Å²) in [4.78, 5) is 0. The van der Waals surface area contributed by atoms with Gasteiger partial charge in [-0.2, -0.15) is 0 Å². The highest BCUT2D eigenvalue weighted by Gasteiger charge is 2.31. The summed E-state index contributed by atoms with van der Waals surface area (Å²) in [6.07, 6.45) is 0. The molecule has 0 heterocycles. The van der Waals surface area contributed by atoms with E-state index in [2.05, 4.69) is 157 Å². The maximum Gasteiger partial charge on any atom is 0.197 e. The van der Waals surface area contributed by atoms with Gasteiger partial charge in [-0.05, 0) is 32.6 Å². The van der Waals surface area contributed by atoms with Crippen molar-refractivity contribution in [2.45, 2.75) is 13.1 Å². The molecule has 154 valence electrons. The lowest BCUT2D eigenvalue weighted by atomic mass is 10.4. The van der Waals surface area contributed by atoms with Crippen LogP contribution in [0.5, 0.6) is 0 Å². The molecule has 0 saturated heterocycles. The van der Waals surface area contributed by atoms with E-state index in [1.165, 1.54) is 20.7 Å². The molecule has 32 heavy (non-hydrogen) atoms. The lowest BCUT2D eigenvalue weighted by Crippen LogP contribution is -2.55. The van der Waals surface area contributed by atoms with Gasteiger partial charge in [-0.1, -0.05) is 134 Å². The molecule has 2 heteroatoms. The van der Waals surface area contributed by atoms with Gasteiger partial charge in [0.1, 0.15) is 0 Å². The second-order valence-electron chi connectivity index (χ2n) is 8.21. The Morgan fingerprint density at radius 2 is 0.594 bits per heavy atom. The summed E-state index contributed by atoms with van der Waals surface area (Å²) >= 11 is 0. The minimum atomic E-state index is -2.20. The summed E-state index contributed by atoms with van der Waals surface area (Å²) < 4.78 is 0. The van der Waals surface area contributed by atoms with Gasteiger partial charge in [0.05, 0.1) is 0 Å². The van der Waals surface area contributed by atoms with Crippen molar-refractivity contribution in [3.05, 3.63) is 121 Å². The van der Waals surface area contributed by atoms with Crippen LogP contribution in [0.1, 0.15) is 0 Å². The van der Waals surface area contributed by atoms with Crippen LogP contribution in [0.4, 0.5) is 0 Å². The zero-order valence-electron chi connectivity index (χ0n) is 18.5. The van der Waals surface area contributed by atoms with Crippen molar-refractivity contribution < 1.29 is 0 Å². The average molecular weight is 443 g/mol. The van der Waals surface area contributed by atoms with Crippen LogP contribution in [0.25, 0.3) is 0 Å². The largest absolute Gasteiger partial charge is 0.197 e. The van der Waals surface area contributed by atoms with E-state index in [1.54, 1.807) is 0 Å². The molecular weight excluding hydrogens is 417 g/mol. The van der Waals surface area contributed by atoms with Crippen LogP contribution in [0.15, 0.2) is 121 Å². The molecule has 0 aliphatic rings. The Labute approximate surface area is 194 Å². The highest BCUT2D eigenvalue weighted by Crippen LogP contribution is 2.06. The normalized spacial score (nSPS) is 10.9. The molecule has 4 aromatic rings. The van der Waals surface area contributed by atoms with Crippen molar-refractivity contribution >= 4 is 36.9 Å². The Balaban J connectivity index is 1.78. The molecule has 0 bridgehead atoms. The van der Waals surface area contributed by atoms with Gasteiger partial charge < -0.3 is 0 Å². The van der Waals surface area contributed by atoms with E-state index >= 15 is 0 Å². The third-order valence-corrected chi connectivity index (χ3v) is 13.3. The second-order valence-corrected chi connectivity index (χ2v) is 15.5. The highest BCUT2D eigenvalue weighted by atomic mass is 28.3. The first kappa shape index (κ1) is 21.7. The molecule has 4 rings (SSSR count). The molecule has 0 aromatic heterocycles. The molecule has 0 spiro atoms. The maximum atomic E-state index is 3.64.